The molecule has 6 heterocycles. The lowest BCUT2D eigenvalue weighted by Crippen LogP contribution is -2.41. The number of piperidine rings is 3. The lowest BCUT2D eigenvalue weighted by atomic mass is 9.87. The number of methoxy groups -OCH3 is 3. The van der Waals surface area contributed by atoms with Gasteiger partial charge in [-0.05, 0) is 213 Å². The van der Waals surface area contributed by atoms with Crippen molar-refractivity contribution in [3.63, 3.8) is 0 Å². The molecular formula is C102H128F2N6O16. The molecule has 4 N–H and O–H groups in total. The SMILES string of the molecule is COCCCN1CCOc2ccc(CO[C@H]3CNCC[C@@H]3c3ccc(OCCCOc4cccc(O)c4)cc3)cc21.COCCCN1CCOc2ccc(CO[C@H]3CNCC[C@@H]3c3ccc(OCCOCC4(c5ccccc5)CC4)cc3)cc21.COCCCN1CCOc2ccc(CO[C@H]3CNCC[C@@H]3c3ccc(OCCOCc4cc(F)ccc4F)cc3)cc21. The maximum absolute atomic E-state index is 13.7. The second-order valence-corrected chi connectivity index (χ2v) is 33.2. The van der Waals surface area contributed by atoms with E-state index in [-0.39, 0.29) is 54.2 Å². The normalized spacial score (nSPS) is 19.2. The van der Waals surface area contributed by atoms with Crippen molar-refractivity contribution in [3.8, 4) is 46.0 Å². The molecule has 9 aromatic carbocycles. The Hall–Kier alpha value is -9.80. The molecule has 9 aromatic rings. The first-order valence-corrected chi connectivity index (χ1v) is 45.2. The van der Waals surface area contributed by atoms with Crippen molar-refractivity contribution in [2.24, 2.45) is 0 Å². The fourth-order valence-corrected chi connectivity index (χ4v) is 17.3. The number of halogens is 2. The van der Waals surface area contributed by atoms with Crippen LogP contribution in [0.1, 0.15) is 120 Å². The highest BCUT2D eigenvalue weighted by Crippen LogP contribution is 2.48. The van der Waals surface area contributed by atoms with Gasteiger partial charge < -0.3 is 107 Å². The Balaban J connectivity index is 0.000000153. The molecule has 676 valence electrons. The summed E-state index contributed by atoms with van der Waals surface area (Å²) < 4.78 is 115. The van der Waals surface area contributed by atoms with E-state index in [1.165, 1.54) is 40.7 Å². The number of aromatic hydroxyl groups is 1. The summed E-state index contributed by atoms with van der Waals surface area (Å²) in [5.41, 5.74) is 12.5. The highest BCUT2D eigenvalue weighted by atomic mass is 19.1. The van der Waals surface area contributed by atoms with E-state index in [9.17, 15) is 13.9 Å². The molecular weight excluding hydrogens is 1600 g/mol. The molecule has 4 fully saturated rings. The fourth-order valence-electron chi connectivity index (χ4n) is 17.3. The van der Waals surface area contributed by atoms with Gasteiger partial charge in [-0.1, -0.05) is 91.0 Å². The molecule has 0 radical (unpaired) electrons. The number of nitrogens with zero attached hydrogens (tertiary/aromatic N) is 3. The Bertz CT molecular complexity index is 4710. The van der Waals surface area contributed by atoms with Crippen LogP contribution < -0.4 is 63.8 Å². The van der Waals surface area contributed by atoms with Crippen LogP contribution in [0.5, 0.6) is 46.0 Å². The molecule has 22 nitrogen and oxygen atoms in total. The van der Waals surface area contributed by atoms with Crippen molar-refractivity contribution in [1.29, 1.82) is 0 Å². The zero-order chi connectivity index (χ0) is 86.8. The van der Waals surface area contributed by atoms with Gasteiger partial charge in [-0.2, -0.15) is 0 Å². The van der Waals surface area contributed by atoms with Gasteiger partial charge in [0.2, 0.25) is 0 Å². The molecule has 0 unspecified atom stereocenters. The monoisotopic (exact) mass is 1730 g/mol. The number of nitrogens with one attached hydrogen (secondary N) is 3. The molecule has 6 atom stereocenters. The van der Waals surface area contributed by atoms with E-state index in [2.05, 4.69) is 164 Å². The topological polar surface area (TPSA) is 204 Å². The Kier molecular flexibility index (Phi) is 35.9. The molecule has 1 aliphatic carbocycles. The Morgan fingerprint density at radius 2 is 0.817 bits per heavy atom. The molecule has 0 bridgehead atoms. The van der Waals surface area contributed by atoms with Crippen LogP contribution in [-0.4, -0.2) is 209 Å². The fraction of sp³-hybridized carbons (Fsp3) is 0.471. The minimum absolute atomic E-state index is 0.00509. The van der Waals surface area contributed by atoms with Crippen LogP contribution in [0, 0.1) is 11.6 Å². The number of phenols is 1. The van der Waals surface area contributed by atoms with Crippen LogP contribution in [0.3, 0.4) is 0 Å². The van der Waals surface area contributed by atoms with Crippen LogP contribution in [0.25, 0.3) is 0 Å². The van der Waals surface area contributed by atoms with Gasteiger partial charge in [0.25, 0.3) is 0 Å². The average molecular weight is 1730 g/mol. The third-order valence-electron chi connectivity index (χ3n) is 24.4. The molecule has 3 saturated heterocycles. The first-order chi connectivity index (χ1) is 62.0. The summed E-state index contributed by atoms with van der Waals surface area (Å²) in [6.45, 7) is 20.6. The minimum atomic E-state index is -0.484. The largest absolute Gasteiger partial charge is 0.508 e. The van der Waals surface area contributed by atoms with Gasteiger partial charge in [-0.25, -0.2) is 8.78 Å². The van der Waals surface area contributed by atoms with Crippen molar-refractivity contribution in [2.75, 3.05) is 200 Å². The first kappa shape index (κ1) is 92.4. The van der Waals surface area contributed by atoms with E-state index in [0.717, 1.165) is 237 Å². The predicted molar refractivity (Wildman–Crippen MR) is 487 cm³/mol. The van der Waals surface area contributed by atoms with Gasteiger partial charge in [0.1, 0.15) is 90.7 Å². The Labute approximate surface area is 742 Å². The molecule has 0 spiro atoms. The smallest absolute Gasteiger partial charge is 0.142 e. The predicted octanol–water partition coefficient (Wildman–Crippen LogP) is 16.3. The highest BCUT2D eigenvalue weighted by Gasteiger charge is 2.44. The van der Waals surface area contributed by atoms with E-state index in [1.807, 2.05) is 30.3 Å². The number of rotatable bonds is 43. The van der Waals surface area contributed by atoms with E-state index in [1.54, 1.807) is 39.5 Å². The van der Waals surface area contributed by atoms with Crippen LogP contribution >= 0.6 is 0 Å². The van der Waals surface area contributed by atoms with Gasteiger partial charge in [0, 0.05) is 122 Å². The zero-order valence-electron chi connectivity index (χ0n) is 73.6. The lowest BCUT2D eigenvalue weighted by Gasteiger charge is -2.33. The van der Waals surface area contributed by atoms with E-state index < -0.39 is 11.6 Å². The lowest BCUT2D eigenvalue weighted by molar-refractivity contribution is 0.0105. The highest BCUT2D eigenvalue weighted by molar-refractivity contribution is 5.63. The number of anilines is 3. The van der Waals surface area contributed by atoms with E-state index >= 15 is 0 Å². The molecule has 6 aliphatic heterocycles. The van der Waals surface area contributed by atoms with E-state index in [4.69, 9.17) is 71.1 Å². The number of phenolic OH excluding ortho intramolecular Hbond substituents is 1. The molecule has 24 heteroatoms. The van der Waals surface area contributed by atoms with Crippen LogP contribution in [0.2, 0.25) is 0 Å². The Morgan fingerprint density at radius 3 is 1.24 bits per heavy atom. The van der Waals surface area contributed by atoms with Crippen LogP contribution in [-0.2, 0) is 69.7 Å². The quantitative estimate of drug-likeness (QED) is 0.0262. The summed E-state index contributed by atoms with van der Waals surface area (Å²) >= 11 is 0. The second kappa shape index (κ2) is 48.9. The van der Waals surface area contributed by atoms with E-state index in [0.29, 0.717) is 83.7 Å². The summed E-state index contributed by atoms with van der Waals surface area (Å²) in [5, 5.41) is 20.0. The molecule has 16 rings (SSSR count). The zero-order valence-corrected chi connectivity index (χ0v) is 73.6. The van der Waals surface area contributed by atoms with Crippen molar-refractivity contribution in [2.45, 2.75) is 126 Å². The summed E-state index contributed by atoms with van der Waals surface area (Å²) in [4.78, 5) is 7.15. The van der Waals surface area contributed by atoms with Crippen LogP contribution in [0.4, 0.5) is 25.8 Å². The second-order valence-electron chi connectivity index (χ2n) is 33.2. The number of hydrogen-bond donors (Lipinski definition) is 4. The Morgan fingerprint density at radius 1 is 0.397 bits per heavy atom. The van der Waals surface area contributed by atoms with Gasteiger partial charge in [-0.3, -0.25) is 0 Å². The number of benzene rings is 9. The third kappa shape index (κ3) is 27.4. The standard InChI is InChI=1S/C36H46N2O5.C33H40F2N2O5.C33H42N2O6/c1-39-20-5-18-38-19-21-42-34-13-8-28(24-33(34)38)26-43-35-25-37-17-14-32(35)29-9-11-31(12-10-29)41-23-22-40-27-36(15-16-36)30-6-3-2-4-7-30;1-38-15-2-13-37-14-16-41-32-10-3-24(19-31(32)37)22-42-33-21-36-12-11-29(33)25-4-7-28(8-5-25)40-18-17-39-23-26-20-27(34)6-9-30(26)35;1-37-17-3-15-35-16-20-40-32-12-7-25(21-31(32)35)24-41-33-23-34-14-13-30(33)26-8-10-28(11-9-26)38-18-4-19-39-29-6-2-5-27(36)22-29/h2-4,6-13,24,32,35,37H,5,14-23,25-27H2,1H3;3-10,19-20,29,33,36H,2,11-18,21-23H2,1H3;2,5-12,21-22,30,33-34,36H,3-4,13-20,23-24H2,1H3/t32-,35+;29-,33+;30-,33+/m111/s1. The minimum Gasteiger partial charge on any atom is -0.508 e. The maximum atomic E-state index is 13.7. The van der Waals surface area contributed by atoms with Crippen molar-refractivity contribution < 1.29 is 84.9 Å². The molecule has 126 heavy (non-hydrogen) atoms. The summed E-state index contributed by atoms with van der Waals surface area (Å²) in [6, 6.07) is 65.2. The number of fused-ring (bicyclic) bond motifs is 3. The van der Waals surface area contributed by atoms with Crippen LogP contribution in [0.15, 0.2) is 200 Å². The molecule has 0 amide bonds. The first-order valence-electron chi connectivity index (χ1n) is 45.2. The third-order valence-corrected chi connectivity index (χ3v) is 24.4. The maximum Gasteiger partial charge on any atom is 0.142 e. The summed E-state index contributed by atoms with van der Waals surface area (Å²) in [7, 11) is 5.24. The number of hydrogen-bond acceptors (Lipinski definition) is 22. The van der Waals surface area contributed by atoms with Crippen molar-refractivity contribution in [3.05, 3.63) is 256 Å². The van der Waals surface area contributed by atoms with Crippen molar-refractivity contribution in [1.82, 2.24) is 16.0 Å². The van der Waals surface area contributed by atoms with Gasteiger partial charge >= 0.3 is 0 Å². The molecule has 7 aliphatic rings. The molecule has 1 saturated carbocycles. The van der Waals surface area contributed by atoms with Gasteiger partial charge in [0.15, 0.2) is 0 Å². The van der Waals surface area contributed by atoms with Gasteiger partial charge in [-0.15, -0.1) is 0 Å². The summed E-state index contributed by atoms with van der Waals surface area (Å²) in [6.07, 6.45) is 9.44. The summed E-state index contributed by atoms with van der Waals surface area (Å²) in [5.74, 6) is 6.14. The van der Waals surface area contributed by atoms with Gasteiger partial charge in [0.05, 0.1) is 114 Å². The number of ether oxygens (including phenoxy) is 15. The van der Waals surface area contributed by atoms with Crippen molar-refractivity contribution >= 4 is 17.1 Å². The average Bonchev–Trinajstić information content (AvgIpc) is 1.63. The molecule has 0 aromatic heterocycles.